The number of piperidine rings is 1. The van der Waals surface area contributed by atoms with Crippen LogP contribution in [0, 0.1) is 5.92 Å². The Hall–Kier alpha value is -3.41. The van der Waals surface area contributed by atoms with Gasteiger partial charge in [-0.1, -0.05) is 53.7 Å². The van der Waals surface area contributed by atoms with Crippen molar-refractivity contribution in [3.05, 3.63) is 77.6 Å². The quantitative estimate of drug-likeness (QED) is 0.708. The maximum atomic E-state index is 12.8. The van der Waals surface area contributed by atoms with Crippen LogP contribution in [0.1, 0.15) is 39.3 Å². The standard InChI is InChI=1S/C23H22N2O4/c26-22(21-15-20(24-29-21)17-6-2-1-3-7-17)25-12-10-16(11-13-25)14-18-8-4-5-9-19(18)23(27)28/h1-9,15-16H,10-14H2,(H,27,28). The minimum Gasteiger partial charge on any atom is -0.478 e. The molecule has 1 fully saturated rings. The van der Waals surface area contributed by atoms with E-state index in [4.69, 9.17) is 4.52 Å². The molecule has 6 nitrogen and oxygen atoms in total. The van der Waals surface area contributed by atoms with Gasteiger partial charge >= 0.3 is 5.97 Å². The SMILES string of the molecule is O=C(O)c1ccccc1CC1CCN(C(=O)c2cc(-c3ccccc3)no2)CC1. The van der Waals surface area contributed by atoms with Gasteiger partial charge < -0.3 is 14.5 Å². The zero-order valence-corrected chi connectivity index (χ0v) is 16.0. The summed E-state index contributed by atoms with van der Waals surface area (Å²) in [4.78, 5) is 26.0. The molecule has 0 aliphatic carbocycles. The van der Waals surface area contributed by atoms with E-state index < -0.39 is 5.97 Å². The predicted molar refractivity (Wildman–Crippen MR) is 108 cm³/mol. The lowest BCUT2D eigenvalue weighted by Crippen LogP contribution is -2.38. The largest absolute Gasteiger partial charge is 0.478 e. The highest BCUT2D eigenvalue weighted by molar-refractivity contribution is 5.92. The second-order valence-electron chi connectivity index (χ2n) is 7.34. The van der Waals surface area contributed by atoms with Crippen LogP contribution in [0.2, 0.25) is 0 Å². The van der Waals surface area contributed by atoms with Crippen molar-refractivity contribution in [2.45, 2.75) is 19.3 Å². The average Bonchev–Trinajstić information content (AvgIpc) is 3.25. The Morgan fingerprint density at radius 1 is 1.03 bits per heavy atom. The van der Waals surface area contributed by atoms with E-state index in [1.165, 1.54) is 0 Å². The summed E-state index contributed by atoms with van der Waals surface area (Å²) in [7, 11) is 0. The highest BCUT2D eigenvalue weighted by atomic mass is 16.5. The maximum absolute atomic E-state index is 12.8. The number of benzene rings is 2. The third-order valence-electron chi connectivity index (χ3n) is 5.45. The van der Waals surface area contributed by atoms with Crippen LogP contribution in [-0.2, 0) is 6.42 Å². The molecule has 0 bridgehead atoms. The molecule has 0 radical (unpaired) electrons. The van der Waals surface area contributed by atoms with E-state index in [1.807, 2.05) is 42.5 Å². The van der Waals surface area contributed by atoms with Gasteiger partial charge in [0.1, 0.15) is 5.69 Å². The Bertz CT molecular complexity index is 1000. The second-order valence-corrected chi connectivity index (χ2v) is 7.34. The number of aromatic carboxylic acids is 1. The number of carboxylic acids is 1. The molecule has 1 amide bonds. The summed E-state index contributed by atoms with van der Waals surface area (Å²) in [5.41, 5.74) is 2.77. The number of aromatic nitrogens is 1. The lowest BCUT2D eigenvalue weighted by Gasteiger charge is -2.31. The first-order valence-electron chi connectivity index (χ1n) is 9.74. The first-order valence-corrected chi connectivity index (χ1v) is 9.74. The Morgan fingerprint density at radius 2 is 1.72 bits per heavy atom. The number of nitrogens with zero attached hydrogens (tertiary/aromatic N) is 2. The fraction of sp³-hybridized carbons (Fsp3) is 0.261. The molecular weight excluding hydrogens is 368 g/mol. The van der Waals surface area contributed by atoms with E-state index in [9.17, 15) is 14.7 Å². The van der Waals surface area contributed by atoms with Crippen molar-refractivity contribution in [2.75, 3.05) is 13.1 Å². The number of carboxylic acid groups (broad SMARTS) is 1. The minimum atomic E-state index is -0.896. The summed E-state index contributed by atoms with van der Waals surface area (Å²) in [6.07, 6.45) is 2.38. The fourth-order valence-electron chi connectivity index (χ4n) is 3.83. The molecule has 0 unspecified atom stereocenters. The van der Waals surface area contributed by atoms with Crippen LogP contribution in [0.5, 0.6) is 0 Å². The molecule has 0 spiro atoms. The van der Waals surface area contributed by atoms with Crippen LogP contribution in [0.15, 0.2) is 65.2 Å². The fourth-order valence-corrected chi connectivity index (χ4v) is 3.83. The van der Waals surface area contributed by atoms with Gasteiger partial charge in [0.2, 0.25) is 5.76 Å². The molecule has 0 saturated carbocycles. The van der Waals surface area contributed by atoms with Gasteiger partial charge in [-0.05, 0) is 36.8 Å². The Labute approximate surface area is 168 Å². The van der Waals surface area contributed by atoms with Crippen molar-refractivity contribution in [3.63, 3.8) is 0 Å². The molecule has 1 aliphatic heterocycles. The van der Waals surface area contributed by atoms with Crippen LogP contribution in [0.4, 0.5) is 0 Å². The number of carbonyl (C=O) groups excluding carboxylic acids is 1. The third-order valence-corrected chi connectivity index (χ3v) is 5.45. The Morgan fingerprint density at radius 3 is 2.45 bits per heavy atom. The van der Waals surface area contributed by atoms with Gasteiger partial charge in [0.05, 0.1) is 5.56 Å². The van der Waals surface area contributed by atoms with Gasteiger partial charge in [-0.25, -0.2) is 4.79 Å². The van der Waals surface area contributed by atoms with Crippen molar-refractivity contribution < 1.29 is 19.2 Å². The first kappa shape index (κ1) is 18.9. The van der Waals surface area contributed by atoms with Crippen molar-refractivity contribution in [1.29, 1.82) is 0 Å². The van der Waals surface area contributed by atoms with Crippen LogP contribution in [0.3, 0.4) is 0 Å². The van der Waals surface area contributed by atoms with Gasteiger partial charge in [0, 0.05) is 24.7 Å². The van der Waals surface area contributed by atoms with Crippen LogP contribution in [0.25, 0.3) is 11.3 Å². The second kappa shape index (κ2) is 8.31. The van der Waals surface area contributed by atoms with E-state index in [0.717, 1.165) is 24.0 Å². The molecule has 3 aromatic rings. The summed E-state index contributed by atoms with van der Waals surface area (Å²) in [6.45, 7) is 1.25. The number of amides is 1. The summed E-state index contributed by atoms with van der Waals surface area (Å²) in [6, 6.07) is 18.4. The molecule has 1 saturated heterocycles. The topological polar surface area (TPSA) is 83.6 Å². The van der Waals surface area contributed by atoms with Crippen molar-refractivity contribution in [1.82, 2.24) is 10.1 Å². The van der Waals surface area contributed by atoms with Crippen molar-refractivity contribution in [3.8, 4) is 11.3 Å². The number of carbonyl (C=O) groups is 2. The van der Waals surface area contributed by atoms with Gasteiger partial charge in [0.25, 0.3) is 5.91 Å². The highest BCUT2D eigenvalue weighted by Gasteiger charge is 2.27. The smallest absolute Gasteiger partial charge is 0.335 e. The van der Waals surface area contributed by atoms with Crippen molar-refractivity contribution in [2.24, 2.45) is 5.92 Å². The van der Waals surface area contributed by atoms with Gasteiger partial charge in [-0.2, -0.15) is 0 Å². The molecular formula is C23H22N2O4. The molecule has 148 valence electrons. The maximum Gasteiger partial charge on any atom is 0.335 e. The van der Waals surface area contributed by atoms with E-state index in [0.29, 0.717) is 36.7 Å². The number of hydrogen-bond acceptors (Lipinski definition) is 4. The van der Waals surface area contributed by atoms with E-state index in [-0.39, 0.29) is 11.7 Å². The van der Waals surface area contributed by atoms with E-state index in [2.05, 4.69) is 5.16 Å². The van der Waals surface area contributed by atoms with Crippen LogP contribution >= 0.6 is 0 Å². The Kier molecular flexibility index (Phi) is 5.42. The Balaban J connectivity index is 1.37. The van der Waals surface area contributed by atoms with Crippen LogP contribution in [-0.4, -0.2) is 40.1 Å². The lowest BCUT2D eigenvalue weighted by atomic mass is 9.88. The van der Waals surface area contributed by atoms with E-state index >= 15 is 0 Å². The van der Waals surface area contributed by atoms with Crippen LogP contribution < -0.4 is 0 Å². The molecule has 1 aliphatic rings. The first-order chi connectivity index (χ1) is 14.1. The molecule has 2 aromatic carbocycles. The molecule has 29 heavy (non-hydrogen) atoms. The number of rotatable bonds is 5. The molecule has 0 atom stereocenters. The minimum absolute atomic E-state index is 0.149. The van der Waals surface area contributed by atoms with Gasteiger partial charge in [-0.15, -0.1) is 0 Å². The molecule has 4 rings (SSSR count). The lowest BCUT2D eigenvalue weighted by molar-refractivity contribution is 0.0649. The third kappa shape index (κ3) is 4.21. The molecule has 1 N–H and O–H groups in total. The number of likely N-dealkylation sites (tertiary alicyclic amines) is 1. The average molecular weight is 390 g/mol. The predicted octanol–water partition coefficient (Wildman–Crippen LogP) is 4.13. The molecule has 6 heteroatoms. The zero-order chi connectivity index (χ0) is 20.2. The summed E-state index contributed by atoms with van der Waals surface area (Å²) >= 11 is 0. The monoisotopic (exact) mass is 390 g/mol. The highest BCUT2D eigenvalue weighted by Crippen LogP contribution is 2.25. The number of hydrogen-bond donors (Lipinski definition) is 1. The van der Waals surface area contributed by atoms with Gasteiger partial charge in [-0.3, -0.25) is 4.79 Å². The van der Waals surface area contributed by atoms with Crippen molar-refractivity contribution >= 4 is 11.9 Å². The zero-order valence-electron chi connectivity index (χ0n) is 16.0. The molecule has 1 aromatic heterocycles. The van der Waals surface area contributed by atoms with E-state index in [1.54, 1.807) is 23.1 Å². The normalized spacial score (nSPS) is 14.7. The summed E-state index contributed by atoms with van der Waals surface area (Å²) < 4.78 is 5.29. The summed E-state index contributed by atoms with van der Waals surface area (Å²) in [5, 5.41) is 13.4. The van der Waals surface area contributed by atoms with Gasteiger partial charge in [0.15, 0.2) is 0 Å². The molecule has 2 heterocycles. The summed E-state index contributed by atoms with van der Waals surface area (Å²) in [5.74, 6) is -0.440.